The molecule has 3 heterocycles. The Bertz CT molecular complexity index is 1570. The number of rotatable bonds is 6. The van der Waals surface area contributed by atoms with Gasteiger partial charge in [-0.3, -0.25) is 4.79 Å². The fraction of sp³-hybridized carbons (Fsp3) is 0.357. The van der Waals surface area contributed by atoms with E-state index in [1.165, 1.54) is 37.4 Å². The average Bonchev–Trinajstić information content (AvgIpc) is 3.69. The van der Waals surface area contributed by atoms with Gasteiger partial charge in [0.25, 0.3) is 0 Å². The lowest BCUT2D eigenvalue weighted by atomic mass is 9.84. The van der Waals surface area contributed by atoms with Crippen molar-refractivity contribution in [3.05, 3.63) is 54.6 Å². The van der Waals surface area contributed by atoms with Gasteiger partial charge in [-0.2, -0.15) is 4.52 Å². The van der Waals surface area contributed by atoms with Crippen molar-refractivity contribution in [2.24, 2.45) is 17.8 Å². The van der Waals surface area contributed by atoms with Crippen LogP contribution < -0.4 is 5.32 Å². The molecule has 1 amide bonds. The maximum atomic E-state index is 12.9. The molecule has 2 aromatic carbocycles. The molecule has 3 aromatic heterocycles. The zero-order valence-corrected chi connectivity index (χ0v) is 20.9. The monoisotopic (exact) mass is 497 g/mol. The number of fused-ring (bicyclic) bond motifs is 6. The zero-order chi connectivity index (χ0) is 24.2. The average molecular weight is 498 g/mol. The molecule has 1 N–H and O–H groups in total. The van der Waals surface area contributed by atoms with E-state index in [4.69, 9.17) is 19.5 Å². The van der Waals surface area contributed by atoms with E-state index in [1.807, 2.05) is 54.6 Å². The molecule has 0 spiro atoms. The summed E-state index contributed by atoms with van der Waals surface area (Å²) in [5, 5.41) is 10.6. The van der Waals surface area contributed by atoms with Crippen molar-refractivity contribution < 1.29 is 9.21 Å². The highest BCUT2D eigenvalue weighted by molar-refractivity contribution is 7.99. The van der Waals surface area contributed by atoms with Crippen molar-refractivity contribution >= 4 is 45.2 Å². The Labute approximate surface area is 212 Å². The first kappa shape index (κ1) is 21.9. The molecule has 7 rings (SSSR count). The molecule has 7 nitrogen and oxygen atoms in total. The number of para-hydroxylation sites is 2. The third-order valence-electron chi connectivity index (χ3n) is 7.95. The molecule has 2 aliphatic carbocycles. The Balaban J connectivity index is 1.17. The second-order valence-electron chi connectivity index (χ2n) is 10.2. The minimum Gasteiger partial charge on any atom is -0.453 e. The minimum absolute atomic E-state index is 0.0380. The SMILES string of the molecule is C[C@@H](NC(=O)CSc1nc2ccccc2c2nc(-c3cc4ccccc4o3)nn12)[C@H]1C[C@H]2CC[C@H]1C2. The first-order valence-electron chi connectivity index (χ1n) is 12.7. The summed E-state index contributed by atoms with van der Waals surface area (Å²) in [4.78, 5) is 22.5. The maximum Gasteiger partial charge on any atom is 0.230 e. The number of hydrogen-bond donors (Lipinski definition) is 1. The molecule has 8 heteroatoms. The Morgan fingerprint density at radius 3 is 2.83 bits per heavy atom. The molecule has 0 unspecified atom stereocenters. The number of amides is 1. The van der Waals surface area contributed by atoms with Gasteiger partial charge in [0.05, 0.1) is 11.3 Å². The number of thioether (sulfide) groups is 1. The van der Waals surface area contributed by atoms with Gasteiger partial charge in [-0.1, -0.05) is 48.5 Å². The normalized spacial score (nSPS) is 22.1. The van der Waals surface area contributed by atoms with Crippen LogP contribution in [0.1, 0.15) is 32.6 Å². The molecule has 0 saturated heterocycles. The number of benzene rings is 2. The summed E-state index contributed by atoms with van der Waals surface area (Å²) in [7, 11) is 0. The summed E-state index contributed by atoms with van der Waals surface area (Å²) < 4.78 is 7.76. The third kappa shape index (κ3) is 3.75. The van der Waals surface area contributed by atoms with Gasteiger partial charge < -0.3 is 9.73 Å². The van der Waals surface area contributed by atoms with Crippen LogP contribution in [0.4, 0.5) is 0 Å². The number of aromatic nitrogens is 4. The molecule has 36 heavy (non-hydrogen) atoms. The first-order valence-corrected chi connectivity index (χ1v) is 13.7. The van der Waals surface area contributed by atoms with Crippen LogP contribution in [-0.2, 0) is 4.79 Å². The van der Waals surface area contributed by atoms with E-state index in [9.17, 15) is 4.79 Å². The van der Waals surface area contributed by atoms with Gasteiger partial charge in [-0.15, -0.1) is 5.10 Å². The number of carbonyl (C=O) groups is 1. The molecule has 2 bridgehead atoms. The van der Waals surface area contributed by atoms with Gasteiger partial charge in [-0.05, 0) is 68.2 Å². The van der Waals surface area contributed by atoms with Gasteiger partial charge in [0, 0.05) is 16.8 Å². The smallest absolute Gasteiger partial charge is 0.230 e. The second-order valence-corrected chi connectivity index (χ2v) is 11.2. The van der Waals surface area contributed by atoms with Crippen LogP contribution in [-0.4, -0.2) is 37.3 Å². The maximum absolute atomic E-state index is 12.9. The van der Waals surface area contributed by atoms with E-state index in [0.29, 0.717) is 28.3 Å². The number of carbonyl (C=O) groups excluding carboxylic acids is 1. The van der Waals surface area contributed by atoms with Gasteiger partial charge in [0.1, 0.15) is 5.58 Å². The largest absolute Gasteiger partial charge is 0.453 e. The van der Waals surface area contributed by atoms with Gasteiger partial charge in [-0.25, -0.2) is 9.97 Å². The van der Waals surface area contributed by atoms with Gasteiger partial charge in [0.15, 0.2) is 16.6 Å². The van der Waals surface area contributed by atoms with Crippen molar-refractivity contribution in [3.8, 4) is 11.6 Å². The topological polar surface area (TPSA) is 85.3 Å². The van der Waals surface area contributed by atoms with E-state index < -0.39 is 0 Å². The highest BCUT2D eigenvalue weighted by Crippen LogP contribution is 2.49. The summed E-state index contributed by atoms with van der Waals surface area (Å²) in [6, 6.07) is 17.9. The Kier molecular flexibility index (Phi) is 5.23. The fourth-order valence-electron chi connectivity index (χ4n) is 6.26. The highest BCUT2D eigenvalue weighted by Gasteiger charge is 2.42. The Hall–Kier alpha value is -3.39. The lowest BCUT2D eigenvalue weighted by Crippen LogP contribution is -2.40. The van der Waals surface area contributed by atoms with Crippen LogP contribution in [0.15, 0.2) is 64.2 Å². The summed E-state index contributed by atoms with van der Waals surface area (Å²) >= 11 is 1.39. The number of nitrogens with zero attached hydrogens (tertiary/aromatic N) is 4. The predicted molar refractivity (Wildman–Crippen MR) is 141 cm³/mol. The van der Waals surface area contributed by atoms with Crippen LogP contribution in [0, 0.1) is 17.8 Å². The highest BCUT2D eigenvalue weighted by atomic mass is 32.2. The van der Waals surface area contributed by atoms with Crippen LogP contribution in [0.25, 0.3) is 39.1 Å². The van der Waals surface area contributed by atoms with Crippen LogP contribution >= 0.6 is 11.8 Å². The van der Waals surface area contributed by atoms with Crippen LogP contribution in [0.5, 0.6) is 0 Å². The molecule has 0 radical (unpaired) electrons. The van der Waals surface area contributed by atoms with Crippen molar-refractivity contribution in [2.45, 2.75) is 43.8 Å². The number of hydrogen-bond acceptors (Lipinski definition) is 6. The fourth-order valence-corrected chi connectivity index (χ4v) is 7.02. The lowest BCUT2D eigenvalue weighted by molar-refractivity contribution is -0.119. The Morgan fingerprint density at radius 2 is 2.00 bits per heavy atom. The number of furan rings is 1. The molecular weight excluding hydrogens is 470 g/mol. The molecule has 2 aliphatic rings. The van der Waals surface area contributed by atoms with Crippen molar-refractivity contribution in [1.82, 2.24) is 24.9 Å². The molecule has 2 saturated carbocycles. The third-order valence-corrected chi connectivity index (χ3v) is 8.88. The Morgan fingerprint density at radius 1 is 1.14 bits per heavy atom. The summed E-state index contributed by atoms with van der Waals surface area (Å²) in [6.07, 6.45) is 5.30. The summed E-state index contributed by atoms with van der Waals surface area (Å²) in [6.45, 7) is 2.16. The van der Waals surface area contributed by atoms with E-state index in [1.54, 1.807) is 4.52 Å². The van der Waals surface area contributed by atoms with E-state index in [2.05, 4.69) is 12.2 Å². The first-order chi connectivity index (χ1) is 17.6. The van der Waals surface area contributed by atoms with E-state index in [-0.39, 0.29) is 17.7 Å². The standard InChI is InChI=1S/C28H27N5O2S/c1-16(21-13-17-10-11-18(21)12-17)29-25(34)15-36-28-30-22-8-4-3-7-20(22)27-31-26(32-33(27)28)24-14-19-6-2-5-9-23(19)35-24/h2-9,14,16-18,21H,10-13,15H2,1H3,(H,29,34)/t16-,17+,18+,21-/m1/s1. The quantitative estimate of drug-likeness (QED) is 0.238. The van der Waals surface area contributed by atoms with Crippen molar-refractivity contribution in [1.29, 1.82) is 0 Å². The van der Waals surface area contributed by atoms with Crippen LogP contribution in [0.3, 0.4) is 0 Å². The molecule has 182 valence electrons. The number of nitrogens with one attached hydrogen (secondary N) is 1. The zero-order valence-electron chi connectivity index (χ0n) is 20.1. The van der Waals surface area contributed by atoms with E-state index >= 15 is 0 Å². The summed E-state index contributed by atoms with van der Waals surface area (Å²) in [5.41, 5.74) is 2.33. The molecule has 5 aromatic rings. The van der Waals surface area contributed by atoms with Gasteiger partial charge >= 0.3 is 0 Å². The molecule has 4 atom stereocenters. The minimum atomic E-state index is 0.0380. The van der Waals surface area contributed by atoms with Crippen molar-refractivity contribution in [2.75, 3.05) is 5.75 Å². The predicted octanol–water partition coefficient (Wildman–Crippen LogP) is 5.72. The molecule has 0 aliphatic heterocycles. The molecular formula is C28H27N5O2S. The summed E-state index contributed by atoms with van der Waals surface area (Å²) in [5.74, 6) is 3.70. The second kappa shape index (κ2) is 8.62. The van der Waals surface area contributed by atoms with E-state index in [0.717, 1.165) is 33.7 Å². The van der Waals surface area contributed by atoms with Gasteiger partial charge in [0.2, 0.25) is 11.7 Å². The van der Waals surface area contributed by atoms with Crippen molar-refractivity contribution in [3.63, 3.8) is 0 Å². The lowest BCUT2D eigenvalue weighted by Gasteiger charge is -2.28. The van der Waals surface area contributed by atoms with Crippen LogP contribution in [0.2, 0.25) is 0 Å². The molecule has 2 fully saturated rings.